The van der Waals surface area contributed by atoms with Gasteiger partial charge in [-0.05, 0) is 42.5 Å². The van der Waals surface area contributed by atoms with Gasteiger partial charge < -0.3 is 5.32 Å². The molecule has 0 bridgehead atoms. The van der Waals surface area contributed by atoms with Crippen molar-refractivity contribution in [3.05, 3.63) is 87.8 Å². The van der Waals surface area contributed by atoms with Gasteiger partial charge in [-0.15, -0.1) is 0 Å². The molecular weight excluding hydrogens is 372 g/mol. The van der Waals surface area contributed by atoms with Crippen LogP contribution in [0.25, 0.3) is 0 Å². The van der Waals surface area contributed by atoms with Gasteiger partial charge in [0, 0.05) is 22.7 Å². The van der Waals surface area contributed by atoms with Crippen LogP contribution in [-0.4, -0.2) is 20.5 Å². The van der Waals surface area contributed by atoms with Crippen molar-refractivity contribution < 1.29 is 4.79 Å². The standard InChI is InChI=1S/C22H19ClN4O/c1-13-2-4-14(5-3-13)16-10-18-20(19(28)11-16)21(15-6-8-17(23)9-7-15)27-22(26-18)24-12-25-27/h2-9,12,16,21H,10-11H2,1H3,(H,24,25,26)/t16-,21-/m0/s1. The van der Waals surface area contributed by atoms with E-state index in [1.807, 2.05) is 24.3 Å². The fourth-order valence-electron chi connectivity index (χ4n) is 4.18. The minimum atomic E-state index is -0.280. The Morgan fingerprint density at radius 1 is 1.04 bits per heavy atom. The molecule has 1 aliphatic heterocycles. The van der Waals surface area contributed by atoms with Crippen LogP contribution in [0.3, 0.4) is 0 Å². The van der Waals surface area contributed by atoms with Crippen molar-refractivity contribution in [3.63, 3.8) is 0 Å². The number of hydrogen-bond donors (Lipinski definition) is 1. The number of anilines is 1. The highest BCUT2D eigenvalue weighted by Crippen LogP contribution is 2.43. The average Bonchev–Trinajstić information content (AvgIpc) is 3.16. The zero-order chi connectivity index (χ0) is 19.3. The molecule has 0 amide bonds. The van der Waals surface area contributed by atoms with Gasteiger partial charge in [0.1, 0.15) is 12.4 Å². The predicted octanol–water partition coefficient (Wildman–Crippen LogP) is 4.66. The Morgan fingerprint density at radius 3 is 2.50 bits per heavy atom. The Morgan fingerprint density at radius 2 is 1.75 bits per heavy atom. The summed E-state index contributed by atoms with van der Waals surface area (Å²) >= 11 is 6.07. The second-order valence-electron chi connectivity index (χ2n) is 7.44. The molecule has 28 heavy (non-hydrogen) atoms. The number of ketones is 1. The lowest BCUT2D eigenvalue weighted by Crippen LogP contribution is -2.33. The molecule has 6 heteroatoms. The summed E-state index contributed by atoms with van der Waals surface area (Å²) in [6.45, 7) is 2.07. The zero-order valence-corrected chi connectivity index (χ0v) is 16.1. The summed E-state index contributed by atoms with van der Waals surface area (Å²) < 4.78 is 1.78. The second-order valence-corrected chi connectivity index (χ2v) is 7.87. The lowest BCUT2D eigenvalue weighted by molar-refractivity contribution is -0.116. The topological polar surface area (TPSA) is 59.8 Å². The van der Waals surface area contributed by atoms with Crippen LogP contribution in [0.2, 0.25) is 5.02 Å². The molecule has 3 aromatic rings. The number of halogens is 1. The fourth-order valence-corrected chi connectivity index (χ4v) is 4.31. The average molecular weight is 391 g/mol. The third-order valence-electron chi connectivity index (χ3n) is 5.60. The predicted molar refractivity (Wildman–Crippen MR) is 108 cm³/mol. The summed E-state index contributed by atoms with van der Waals surface area (Å²) in [5.74, 6) is 0.983. The van der Waals surface area contributed by atoms with Gasteiger partial charge in [0.25, 0.3) is 0 Å². The van der Waals surface area contributed by atoms with Gasteiger partial charge in [0.05, 0.1) is 0 Å². The number of rotatable bonds is 2. The van der Waals surface area contributed by atoms with Crippen molar-refractivity contribution in [3.8, 4) is 0 Å². The summed E-state index contributed by atoms with van der Waals surface area (Å²) in [7, 11) is 0. The van der Waals surface area contributed by atoms with Crippen molar-refractivity contribution >= 4 is 23.3 Å². The van der Waals surface area contributed by atoms with Crippen LogP contribution < -0.4 is 5.32 Å². The van der Waals surface area contributed by atoms with Crippen molar-refractivity contribution in [2.45, 2.75) is 31.7 Å². The molecule has 1 aromatic heterocycles. The third kappa shape index (κ3) is 2.83. The lowest BCUT2D eigenvalue weighted by atomic mass is 9.78. The largest absolute Gasteiger partial charge is 0.328 e. The van der Waals surface area contributed by atoms with E-state index in [9.17, 15) is 4.79 Å². The molecule has 0 saturated heterocycles. The van der Waals surface area contributed by atoms with Crippen molar-refractivity contribution in [2.75, 3.05) is 5.32 Å². The van der Waals surface area contributed by atoms with E-state index in [1.165, 1.54) is 17.5 Å². The first-order chi connectivity index (χ1) is 13.6. The quantitative estimate of drug-likeness (QED) is 0.691. The van der Waals surface area contributed by atoms with Gasteiger partial charge in [-0.2, -0.15) is 10.1 Å². The smallest absolute Gasteiger partial charge is 0.226 e. The number of aromatic nitrogens is 3. The first kappa shape index (κ1) is 17.2. The summed E-state index contributed by atoms with van der Waals surface area (Å²) in [5, 5.41) is 8.39. The number of fused-ring (bicyclic) bond motifs is 1. The van der Waals surface area contributed by atoms with Crippen LogP contribution in [-0.2, 0) is 4.79 Å². The van der Waals surface area contributed by atoms with Crippen LogP contribution in [0.5, 0.6) is 0 Å². The van der Waals surface area contributed by atoms with E-state index in [-0.39, 0.29) is 17.7 Å². The third-order valence-corrected chi connectivity index (χ3v) is 5.85. The summed E-state index contributed by atoms with van der Waals surface area (Å²) in [6.07, 6.45) is 2.80. The van der Waals surface area contributed by atoms with E-state index < -0.39 is 0 Å². The molecule has 2 atom stereocenters. The van der Waals surface area contributed by atoms with Gasteiger partial charge in [-0.3, -0.25) is 4.79 Å². The molecule has 0 saturated carbocycles. The number of allylic oxidation sites excluding steroid dienone is 2. The number of hydrogen-bond acceptors (Lipinski definition) is 4. The first-order valence-electron chi connectivity index (χ1n) is 9.35. The van der Waals surface area contributed by atoms with E-state index in [4.69, 9.17) is 11.6 Å². The molecule has 1 N–H and O–H groups in total. The van der Waals surface area contributed by atoms with Crippen LogP contribution in [0.4, 0.5) is 5.95 Å². The maximum absolute atomic E-state index is 13.3. The van der Waals surface area contributed by atoms with Crippen LogP contribution >= 0.6 is 11.6 Å². The van der Waals surface area contributed by atoms with E-state index in [2.05, 4.69) is 46.6 Å². The van der Waals surface area contributed by atoms with Gasteiger partial charge in [-0.25, -0.2) is 4.68 Å². The zero-order valence-electron chi connectivity index (χ0n) is 15.4. The number of nitrogens with zero attached hydrogens (tertiary/aromatic N) is 3. The molecular formula is C22H19ClN4O. The van der Waals surface area contributed by atoms with Crippen LogP contribution in [0, 0.1) is 6.92 Å². The molecule has 0 spiro atoms. The minimum Gasteiger partial charge on any atom is -0.328 e. The van der Waals surface area contributed by atoms with E-state index in [0.29, 0.717) is 17.4 Å². The Hall–Kier alpha value is -2.92. The highest BCUT2D eigenvalue weighted by Gasteiger charge is 2.39. The Kier molecular flexibility index (Phi) is 4.05. The first-order valence-corrected chi connectivity index (χ1v) is 9.73. The van der Waals surface area contributed by atoms with E-state index in [0.717, 1.165) is 23.3 Å². The monoisotopic (exact) mass is 390 g/mol. The number of Topliss-reactive ketones (excluding diaryl/α,β-unsaturated/α-hetero) is 1. The van der Waals surface area contributed by atoms with Gasteiger partial charge in [0.2, 0.25) is 5.95 Å². The van der Waals surface area contributed by atoms with Crippen molar-refractivity contribution in [2.24, 2.45) is 0 Å². The highest BCUT2D eigenvalue weighted by molar-refractivity contribution is 6.30. The summed E-state index contributed by atoms with van der Waals surface area (Å²) in [6, 6.07) is 15.8. The molecule has 0 fully saturated rings. The molecule has 2 aliphatic rings. The van der Waals surface area contributed by atoms with Crippen LogP contribution in [0.1, 0.15) is 41.5 Å². The number of carbonyl (C=O) groups excluding carboxylic acids is 1. The summed E-state index contributed by atoms with van der Waals surface area (Å²) in [5.41, 5.74) is 5.12. The number of aryl methyl sites for hydroxylation is 1. The summed E-state index contributed by atoms with van der Waals surface area (Å²) in [4.78, 5) is 17.6. The molecule has 2 aromatic carbocycles. The molecule has 2 heterocycles. The SMILES string of the molecule is Cc1ccc([C@@H]2CC(=O)C3=C(C2)Nc2ncnn2[C@H]3c2ccc(Cl)cc2)cc1. The Bertz CT molecular complexity index is 1080. The van der Waals surface area contributed by atoms with Gasteiger partial charge >= 0.3 is 0 Å². The minimum absolute atomic E-state index is 0.153. The number of nitrogens with one attached hydrogen (secondary N) is 1. The Labute approximate surface area is 168 Å². The molecule has 5 nitrogen and oxygen atoms in total. The highest BCUT2D eigenvalue weighted by atomic mass is 35.5. The van der Waals surface area contributed by atoms with Gasteiger partial charge in [-0.1, -0.05) is 53.6 Å². The Balaban J connectivity index is 1.58. The van der Waals surface area contributed by atoms with Gasteiger partial charge in [0.15, 0.2) is 5.78 Å². The maximum Gasteiger partial charge on any atom is 0.226 e. The van der Waals surface area contributed by atoms with Crippen LogP contribution in [0.15, 0.2) is 66.1 Å². The lowest BCUT2D eigenvalue weighted by Gasteiger charge is -2.35. The number of carbonyl (C=O) groups is 1. The second kappa shape index (κ2) is 6.60. The van der Waals surface area contributed by atoms with Crippen molar-refractivity contribution in [1.29, 1.82) is 0 Å². The van der Waals surface area contributed by atoms with E-state index >= 15 is 0 Å². The van der Waals surface area contributed by atoms with Crippen molar-refractivity contribution in [1.82, 2.24) is 14.8 Å². The molecule has 0 radical (unpaired) electrons. The number of benzene rings is 2. The molecule has 5 rings (SSSR count). The molecule has 1 aliphatic carbocycles. The maximum atomic E-state index is 13.3. The fraction of sp³-hybridized carbons (Fsp3) is 0.227. The molecule has 140 valence electrons. The normalized spacial score (nSPS) is 21.1. The molecule has 0 unspecified atom stereocenters. The van der Waals surface area contributed by atoms with E-state index in [1.54, 1.807) is 4.68 Å².